The van der Waals surface area contributed by atoms with Crippen molar-refractivity contribution in [3.63, 3.8) is 0 Å². The molecule has 0 bridgehead atoms. The van der Waals surface area contributed by atoms with Gasteiger partial charge in [0.1, 0.15) is 7.85 Å². The normalized spacial score (nSPS) is 7.08. The largest absolute Gasteiger partial charge is 0.655 e. The van der Waals surface area contributed by atoms with Gasteiger partial charge < -0.3 is 23.7 Å². The quantitative estimate of drug-likeness (QED) is 0.468. The van der Waals surface area contributed by atoms with Crippen molar-refractivity contribution in [3.05, 3.63) is 16.8 Å². The first-order valence-electron chi connectivity index (χ1n) is 2.47. The van der Waals surface area contributed by atoms with Gasteiger partial charge in [-0.15, -0.1) is 5.59 Å². The van der Waals surface area contributed by atoms with Crippen molar-refractivity contribution in [3.8, 4) is 0 Å². The van der Waals surface area contributed by atoms with Gasteiger partial charge in [-0.25, -0.2) is 0 Å². The molecule has 0 spiro atoms. The van der Waals surface area contributed by atoms with Crippen molar-refractivity contribution < 1.29 is 46.7 Å². The average Bonchev–Trinajstić information content (AvgIpc) is 2.35. The molecule has 1 heterocycles. The van der Waals surface area contributed by atoms with Gasteiger partial charge >= 0.3 is 0 Å². The fourth-order valence-corrected chi connectivity index (χ4v) is 0.262. The van der Waals surface area contributed by atoms with Crippen LogP contribution in [0.2, 0.25) is 0 Å². The zero-order valence-corrected chi connectivity index (χ0v) is 9.13. The summed E-state index contributed by atoms with van der Waals surface area (Å²) < 4.78 is 7.84. The predicted octanol–water partition coefficient (Wildman–Crippen LogP) is -1.74. The van der Waals surface area contributed by atoms with E-state index in [0.717, 1.165) is 0 Å². The number of carbonyl (C=O) groups excluding carboxylic acids is 1. The molecule has 1 rings (SSSR count). The Morgan fingerprint density at radius 1 is 1.75 bits per heavy atom. The SMILES string of the molecule is CO[C-]=O.[B]c1[c-]oc(=O)[nH]1.[Y]. The van der Waals surface area contributed by atoms with Crippen LogP contribution in [0.15, 0.2) is 9.21 Å². The molecule has 0 saturated heterocycles. The molecule has 0 amide bonds. The second-order valence-corrected chi connectivity index (χ2v) is 1.32. The molecule has 1 aromatic rings. The number of aromatic nitrogens is 1. The van der Waals surface area contributed by atoms with E-state index in [2.05, 4.69) is 20.4 Å². The first-order valence-corrected chi connectivity index (χ1v) is 2.47. The monoisotopic (exact) mass is 242 g/mol. The van der Waals surface area contributed by atoms with Crippen LogP contribution < -0.4 is 11.3 Å². The standard InChI is InChI=1S/C3HBNO2.C2H3O2.Y/c4-2-1-7-3(6)5-2;1-4-2-3;/h(H,5,6);1H3;/q2*-1;. The van der Waals surface area contributed by atoms with Gasteiger partial charge in [0.05, 0.1) is 0 Å². The fraction of sp³-hybridized carbons (Fsp3) is 0.200. The van der Waals surface area contributed by atoms with Crippen molar-refractivity contribution in [1.82, 2.24) is 4.98 Å². The summed E-state index contributed by atoms with van der Waals surface area (Å²) in [5.74, 6) is -0.572. The van der Waals surface area contributed by atoms with E-state index in [9.17, 15) is 4.79 Å². The van der Waals surface area contributed by atoms with E-state index in [1.807, 2.05) is 0 Å². The minimum atomic E-state index is -0.572. The van der Waals surface area contributed by atoms with Crippen LogP contribution >= 0.6 is 0 Å². The van der Waals surface area contributed by atoms with Gasteiger partial charge in [0.25, 0.3) is 0 Å². The molecule has 61 valence electrons. The van der Waals surface area contributed by atoms with Crippen molar-refractivity contribution in [2.45, 2.75) is 0 Å². The van der Waals surface area contributed by atoms with Crippen LogP contribution in [-0.2, 0) is 42.2 Å². The molecule has 1 N–H and O–H groups in total. The third kappa shape index (κ3) is 7.75. The number of hydrogen-bond acceptors (Lipinski definition) is 4. The van der Waals surface area contributed by atoms with Gasteiger partial charge in [0.2, 0.25) is 5.76 Å². The van der Waals surface area contributed by atoms with Crippen molar-refractivity contribution in [2.24, 2.45) is 0 Å². The second-order valence-electron chi connectivity index (χ2n) is 1.32. The van der Waals surface area contributed by atoms with E-state index >= 15 is 0 Å². The number of aromatic amines is 1. The van der Waals surface area contributed by atoms with E-state index in [1.165, 1.54) is 13.6 Å². The molecule has 7 heteroatoms. The minimum absolute atomic E-state index is 0. The van der Waals surface area contributed by atoms with Crippen LogP contribution in [-0.4, -0.2) is 26.4 Å². The molecule has 1 aromatic heterocycles. The molecule has 5 nitrogen and oxygen atoms in total. The number of ether oxygens (including phenoxy) is 1. The van der Waals surface area contributed by atoms with E-state index in [0.29, 0.717) is 0 Å². The molecule has 0 unspecified atom stereocenters. The summed E-state index contributed by atoms with van der Waals surface area (Å²) >= 11 is 0. The van der Waals surface area contributed by atoms with E-state index in [-0.39, 0.29) is 38.3 Å². The predicted molar refractivity (Wildman–Crippen MR) is 36.3 cm³/mol. The molecule has 0 atom stereocenters. The topological polar surface area (TPSA) is 72.3 Å². The maximum atomic E-state index is 9.96. The van der Waals surface area contributed by atoms with Crippen LogP contribution in [0.3, 0.4) is 0 Å². The Labute approximate surface area is 95.2 Å². The molecule has 0 aromatic carbocycles. The van der Waals surface area contributed by atoms with Crippen LogP contribution in [0.5, 0.6) is 0 Å². The Kier molecular flexibility index (Phi) is 10.3. The van der Waals surface area contributed by atoms with E-state index in [1.54, 1.807) is 0 Å². The Morgan fingerprint density at radius 3 is 2.33 bits per heavy atom. The number of nitrogens with one attached hydrogen (secondary N) is 1. The molecule has 12 heavy (non-hydrogen) atoms. The molecule has 0 saturated carbocycles. The van der Waals surface area contributed by atoms with Crippen molar-refractivity contribution >= 4 is 19.9 Å². The summed E-state index contributed by atoms with van der Waals surface area (Å²) in [6, 6.07) is 0. The molecule has 0 aliphatic rings. The molecular weight excluding hydrogens is 238 g/mol. The number of oxazole rings is 1. The summed E-state index contributed by atoms with van der Waals surface area (Å²) in [7, 11) is 6.23. The van der Waals surface area contributed by atoms with Gasteiger partial charge in [-0.3, -0.25) is 0 Å². The summed E-state index contributed by atoms with van der Waals surface area (Å²) in [6.45, 7) is 1.18. The van der Waals surface area contributed by atoms with Crippen LogP contribution in [0.4, 0.5) is 0 Å². The smallest absolute Gasteiger partial charge is 0.249 e. The summed E-state index contributed by atoms with van der Waals surface area (Å²) in [5.41, 5.74) is 0.130. The minimum Gasteiger partial charge on any atom is -0.655 e. The summed E-state index contributed by atoms with van der Waals surface area (Å²) in [4.78, 5) is 20.9. The van der Waals surface area contributed by atoms with Crippen molar-refractivity contribution in [2.75, 3.05) is 7.11 Å². The maximum absolute atomic E-state index is 9.96. The zero-order chi connectivity index (χ0) is 8.69. The number of hydrogen-bond donors (Lipinski definition) is 1. The van der Waals surface area contributed by atoms with Gasteiger partial charge in [-0.1, -0.05) is 12.7 Å². The Morgan fingerprint density at radius 2 is 2.25 bits per heavy atom. The third-order valence-corrected chi connectivity index (χ3v) is 0.574. The molecule has 0 fully saturated rings. The molecular formula is C5H4BNO4Y-2. The van der Waals surface area contributed by atoms with Gasteiger partial charge in [-0.2, -0.15) is 0 Å². The van der Waals surface area contributed by atoms with Crippen LogP contribution in [0.1, 0.15) is 0 Å². The van der Waals surface area contributed by atoms with E-state index < -0.39 is 5.76 Å². The maximum Gasteiger partial charge on any atom is 0.249 e. The van der Waals surface area contributed by atoms with Crippen LogP contribution in [0.25, 0.3) is 0 Å². The van der Waals surface area contributed by atoms with E-state index in [4.69, 9.17) is 12.6 Å². The van der Waals surface area contributed by atoms with Gasteiger partial charge in [0.15, 0.2) is 0 Å². The van der Waals surface area contributed by atoms with Gasteiger partial charge in [-0.05, 0) is 0 Å². The van der Waals surface area contributed by atoms with Gasteiger partial charge in [0, 0.05) is 39.8 Å². The Bertz CT molecular complexity index is 258. The first kappa shape index (κ1) is 14.2. The average molecular weight is 242 g/mol. The second kappa shape index (κ2) is 8.74. The van der Waals surface area contributed by atoms with Crippen molar-refractivity contribution in [1.29, 1.82) is 0 Å². The number of rotatable bonds is 1. The Balaban J connectivity index is 0. The zero-order valence-electron chi connectivity index (χ0n) is 6.29. The third-order valence-electron chi connectivity index (χ3n) is 0.574. The summed E-state index contributed by atoms with van der Waals surface area (Å²) in [5, 5.41) is 0. The number of H-pyrrole nitrogens is 1. The van der Waals surface area contributed by atoms with Crippen LogP contribution in [0, 0.1) is 6.26 Å². The fourth-order valence-electron chi connectivity index (χ4n) is 0.262. The molecule has 0 aliphatic carbocycles. The first-order chi connectivity index (χ1) is 5.20. The molecule has 0 aliphatic heterocycles. The molecule has 3 radical (unpaired) electrons. The Hall–Kier alpha value is -0.351. The summed E-state index contributed by atoms with van der Waals surface area (Å²) in [6.07, 6.45) is 2.10. The number of methoxy groups -OCH3 is 1.